The molecule has 4 heteroatoms. The van der Waals surface area contributed by atoms with Gasteiger partial charge in [0, 0.05) is 5.92 Å². The molecule has 2 N–H and O–H groups in total. The summed E-state index contributed by atoms with van der Waals surface area (Å²) in [4.78, 5) is 26.7. The molecule has 3 unspecified atom stereocenters. The summed E-state index contributed by atoms with van der Waals surface area (Å²) in [6, 6.07) is 0. The van der Waals surface area contributed by atoms with E-state index in [2.05, 4.69) is 47.6 Å². The van der Waals surface area contributed by atoms with Crippen molar-refractivity contribution in [3.8, 4) is 0 Å². The number of carbonyl (C=O) groups is 2. The van der Waals surface area contributed by atoms with Gasteiger partial charge in [-0.15, -0.1) is 0 Å². The Bertz CT molecular complexity index is 953. The molecule has 34 heavy (non-hydrogen) atoms. The van der Waals surface area contributed by atoms with Crippen LogP contribution in [0.15, 0.2) is 11.6 Å². The Balaban J connectivity index is 1.65. The minimum absolute atomic E-state index is 0.0370. The van der Waals surface area contributed by atoms with Crippen LogP contribution >= 0.6 is 0 Å². The van der Waals surface area contributed by atoms with Crippen LogP contribution in [0.1, 0.15) is 99.8 Å². The van der Waals surface area contributed by atoms with E-state index in [0.717, 1.165) is 25.7 Å². The van der Waals surface area contributed by atoms with Gasteiger partial charge in [0.25, 0.3) is 0 Å². The van der Waals surface area contributed by atoms with Crippen molar-refractivity contribution in [3.05, 3.63) is 11.6 Å². The van der Waals surface area contributed by atoms with E-state index >= 15 is 0 Å². The minimum Gasteiger partial charge on any atom is -0.481 e. The number of aliphatic carboxylic acids is 1. The maximum Gasteiger partial charge on any atom is 0.312 e. The number of allylic oxidation sites excluding steroid dienone is 2. The zero-order valence-electron chi connectivity index (χ0n) is 22.4. The first-order valence-electron chi connectivity index (χ1n) is 13.8. The van der Waals surface area contributed by atoms with Gasteiger partial charge in [-0.25, -0.2) is 0 Å². The summed E-state index contributed by atoms with van der Waals surface area (Å²) >= 11 is 0. The molecule has 0 amide bonds. The van der Waals surface area contributed by atoms with E-state index in [-0.39, 0.29) is 33.9 Å². The molecule has 0 saturated heterocycles. The van der Waals surface area contributed by atoms with Gasteiger partial charge >= 0.3 is 5.97 Å². The molecule has 4 saturated carbocycles. The largest absolute Gasteiger partial charge is 0.481 e. The number of rotatable bonds is 1. The molecule has 0 spiro atoms. The molecular weight excluding hydrogens is 424 g/mol. The lowest BCUT2D eigenvalue weighted by molar-refractivity contribution is -0.215. The number of hydrogen-bond acceptors (Lipinski definition) is 3. The molecule has 0 aromatic carbocycles. The summed E-state index contributed by atoms with van der Waals surface area (Å²) in [5.74, 6) is 0.656. The smallest absolute Gasteiger partial charge is 0.312 e. The van der Waals surface area contributed by atoms with Gasteiger partial charge in [-0.3, -0.25) is 9.59 Å². The molecule has 4 nitrogen and oxygen atoms in total. The van der Waals surface area contributed by atoms with Crippen molar-refractivity contribution in [1.82, 2.24) is 0 Å². The molecule has 5 rings (SSSR count). The number of carboxylic acid groups (broad SMARTS) is 1. The Kier molecular flexibility index (Phi) is 5.20. The van der Waals surface area contributed by atoms with E-state index in [4.69, 9.17) is 0 Å². The third-order valence-corrected chi connectivity index (χ3v) is 13.2. The number of aliphatic hydroxyl groups is 1. The molecule has 11 atom stereocenters. The van der Waals surface area contributed by atoms with Gasteiger partial charge < -0.3 is 10.2 Å². The summed E-state index contributed by atoms with van der Waals surface area (Å²) in [6.07, 6.45) is 8.89. The second kappa shape index (κ2) is 7.20. The van der Waals surface area contributed by atoms with Crippen molar-refractivity contribution in [2.45, 2.75) is 106 Å². The fourth-order valence-corrected chi connectivity index (χ4v) is 10.7. The van der Waals surface area contributed by atoms with Gasteiger partial charge in [-0.2, -0.15) is 0 Å². The van der Waals surface area contributed by atoms with E-state index in [1.165, 1.54) is 24.8 Å². The maximum absolute atomic E-state index is 14.2. The highest BCUT2D eigenvalue weighted by atomic mass is 16.4. The molecule has 0 radical (unpaired) electrons. The maximum atomic E-state index is 14.2. The normalized spacial score (nSPS) is 56.9. The number of carboxylic acids is 1. The Morgan fingerprint density at radius 2 is 1.62 bits per heavy atom. The van der Waals surface area contributed by atoms with Gasteiger partial charge in [-0.05, 0) is 110 Å². The Morgan fingerprint density at radius 1 is 0.941 bits per heavy atom. The fraction of sp³-hybridized carbons (Fsp3) is 0.867. The number of fused-ring (bicyclic) bond motifs is 7. The SMILES string of the molecule is C[C@@H]1CC[C@]2(C)CC[C@]3(C)C(=CC(=O)C4[C@@]5(C)CC[C@H](O)[C@](C)(C(=O)O)C5CC[C@]43C)C2[C@H]1C. The van der Waals surface area contributed by atoms with Crippen LogP contribution < -0.4 is 0 Å². The summed E-state index contributed by atoms with van der Waals surface area (Å²) in [5, 5.41) is 21.1. The summed E-state index contributed by atoms with van der Waals surface area (Å²) < 4.78 is 0. The lowest BCUT2D eigenvalue weighted by Crippen LogP contribution is -2.68. The van der Waals surface area contributed by atoms with Crippen LogP contribution in [0.3, 0.4) is 0 Å². The van der Waals surface area contributed by atoms with Crippen LogP contribution in [-0.2, 0) is 9.59 Å². The molecule has 5 aliphatic rings. The Labute approximate surface area is 206 Å². The summed E-state index contributed by atoms with van der Waals surface area (Å²) in [5.41, 5.74) is -0.124. The highest BCUT2D eigenvalue weighted by Gasteiger charge is 2.71. The van der Waals surface area contributed by atoms with Crippen LogP contribution in [0.2, 0.25) is 0 Å². The number of carbonyl (C=O) groups excluding carboxylic acids is 1. The first kappa shape index (κ1) is 24.5. The molecular formula is C30H46O4. The molecule has 0 bridgehead atoms. The number of aliphatic hydroxyl groups excluding tert-OH is 1. The van der Waals surface area contributed by atoms with Crippen molar-refractivity contribution < 1.29 is 19.8 Å². The van der Waals surface area contributed by atoms with Crippen LogP contribution in [0.5, 0.6) is 0 Å². The van der Waals surface area contributed by atoms with Crippen molar-refractivity contribution in [1.29, 1.82) is 0 Å². The van der Waals surface area contributed by atoms with Gasteiger partial charge in [0.1, 0.15) is 0 Å². The third-order valence-electron chi connectivity index (χ3n) is 13.2. The van der Waals surface area contributed by atoms with E-state index in [1.807, 2.05) is 0 Å². The first-order valence-corrected chi connectivity index (χ1v) is 13.8. The van der Waals surface area contributed by atoms with Gasteiger partial charge in [0.15, 0.2) is 5.78 Å². The average molecular weight is 471 g/mol. The third kappa shape index (κ3) is 2.70. The Morgan fingerprint density at radius 3 is 2.26 bits per heavy atom. The van der Waals surface area contributed by atoms with Gasteiger partial charge in [0.05, 0.1) is 11.5 Å². The quantitative estimate of drug-likeness (QED) is 0.474. The average Bonchev–Trinajstić information content (AvgIpc) is 2.75. The molecule has 0 aromatic rings. The minimum atomic E-state index is -1.20. The molecule has 4 fully saturated rings. The van der Waals surface area contributed by atoms with E-state index < -0.39 is 22.9 Å². The summed E-state index contributed by atoms with van der Waals surface area (Å²) in [7, 11) is 0. The molecule has 190 valence electrons. The second-order valence-electron chi connectivity index (χ2n) is 14.4. The second-order valence-corrected chi connectivity index (χ2v) is 14.4. The Hall–Kier alpha value is -1.16. The predicted octanol–water partition coefficient (Wildman–Crippen LogP) is 6.27. The topological polar surface area (TPSA) is 74.6 Å². The van der Waals surface area contributed by atoms with Crippen LogP contribution in [0.4, 0.5) is 0 Å². The van der Waals surface area contributed by atoms with E-state index in [9.17, 15) is 19.8 Å². The van der Waals surface area contributed by atoms with Crippen molar-refractivity contribution >= 4 is 11.8 Å². The fourth-order valence-electron chi connectivity index (χ4n) is 10.7. The molecule has 0 heterocycles. The van der Waals surface area contributed by atoms with Gasteiger partial charge in [0.2, 0.25) is 0 Å². The predicted molar refractivity (Wildman–Crippen MR) is 133 cm³/mol. The standard InChI is InChI=1S/C30H46O4/c1-17-8-11-26(3)14-15-28(5)19(23(26)18(17)2)16-20(31)24-27(4)12-10-22(32)30(7,25(33)34)21(27)9-13-29(24,28)6/h16-18,21-24,32H,8-15H2,1-7H3,(H,33,34)/t17-,18+,21?,22+,23?,24?,26-,27+,28-,29-,30-/m1/s1. The van der Waals surface area contributed by atoms with Crippen molar-refractivity contribution in [2.75, 3.05) is 0 Å². The first-order chi connectivity index (χ1) is 15.7. The molecule has 5 aliphatic carbocycles. The van der Waals surface area contributed by atoms with Crippen LogP contribution in [-0.4, -0.2) is 28.1 Å². The zero-order valence-corrected chi connectivity index (χ0v) is 22.4. The van der Waals surface area contributed by atoms with Crippen LogP contribution in [0.25, 0.3) is 0 Å². The van der Waals surface area contributed by atoms with Gasteiger partial charge in [-0.1, -0.05) is 47.1 Å². The van der Waals surface area contributed by atoms with Crippen molar-refractivity contribution in [3.63, 3.8) is 0 Å². The monoisotopic (exact) mass is 470 g/mol. The summed E-state index contributed by atoms with van der Waals surface area (Å²) in [6.45, 7) is 16.0. The number of ketones is 1. The van der Waals surface area contributed by atoms with Crippen molar-refractivity contribution in [2.24, 2.45) is 56.7 Å². The lowest BCUT2D eigenvalue weighted by Gasteiger charge is -2.70. The highest BCUT2D eigenvalue weighted by Crippen LogP contribution is 2.75. The van der Waals surface area contributed by atoms with Crippen LogP contribution in [0, 0.1) is 56.7 Å². The molecule has 0 aromatic heterocycles. The van der Waals surface area contributed by atoms with E-state index in [0.29, 0.717) is 24.2 Å². The number of hydrogen-bond donors (Lipinski definition) is 2. The molecule has 0 aliphatic heterocycles. The van der Waals surface area contributed by atoms with E-state index in [1.54, 1.807) is 6.92 Å². The highest BCUT2D eigenvalue weighted by molar-refractivity contribution is 5.96. The lowest BCUT2D eigenvalue weighted by atomic mass is 9.33. The zero-order chi connectivity index (χ0) is 25.1.